The highest BCUT2D eigenvalue weighted by atomic mass is 35.5. The Kier molecular flexibility index (Phi) is 7.21. The lowest BCUT2D eigenvalue weighted by atomic mass is 9.84. The monoisotopic (exact) mass is 696 g/mol. The lowest BCUT2D eigenvalue weighted by Crippen LogP contribution is -2.53. The zero-order valence-corrected chi connectivity index (χ0v) is 27.7. The van der Waals surface area contributed by atoms with E-state index in [9.17, 15) is 9.59 Å². The largest absolute Gasteiger partial charge is 0.450 e. The molecule has 8 nitrogen and oxygen atoms in total. The summed E-state index contributed by atoms with van der Waals surface area (Å²) >= 11 is 15.2. The molecule has 0 radical (unpaired) electrons. The zero-order chi connectivity index (χ0) is 32.4. The van der Waals surface area contributed by atoms with Gasteiger partial charge < -0.3 is 9.32 Å². The molecule has 0 N–H and O–H groups in total. The van der Waals surface area contributed by atoms with Gasteiger partial charge in [0.1, 0.15) is 5.58 Å². The first-order valence-electron chi connectivity index (χ1n) is 14.6. The number of benzene rings is 4. The summed E-state index contributed by atoms with van der Waals surface area (Å²) in [6.45, 7) is 2.21. The molecule has 0 saturated heterocycles. The quantitative estimate of drug-likeness (QED) is 0.129. The van der Waals surface area contributed by atoms with Crippen LogP contribution in [0.25, 0.3) is 11.0 Å². The molecule has 4 heterocycles. The maximum atomic E-state index is 15.1. The number of fused-ring (bicyclic) bond motifs is 5. The zero-order valence-electron chi connectivity index (χ0n) is 24.6. The van der Waals surface area contributed by atoms with Crippen LogP contribution in [0.15, 0.2) is 105 Å². The van der Waals surface area contributed by atoms with Crippen LogP contribution in [-0.2, 0) is 22.6 Å². The van der Waals surface area contributed by atoms with Crippen molar-refractivity contribution in [1.29, 1.82) is 0 Å². The minimum Gasteiger partial charge on any atom is -0.450 e. The number of halogens is 2. The van der Waals surface area contributed by atoms with Gasteiger partial charge in [0.25, 0.3) is 11.8 Å². The molecule has 2 aliphatic heterocycles. The Balaban J connectivity index is 1.32. The van der Waals surface area contributed by atoms with E-state index in [1.54, 1.807) is 29.2 Å². The number of rotatable bonds is 6. The molecule has 1 spiro atoms. The molecule has 0 saturated carbocycles. The summed E-state index contributed by atoms with van der Waals surface area (Å²) in [4.78, 5) is 47.0. The van der Waals surface area contributed by atoms with Crippen molar-refractivity contribution < 1.29 is 14.0 Å². The van der Waals surface area contributed by atoms with Crippen molar-refractivity contribution in [2.45, 2.75) is 29.1 Å². The van der Waals surface area contributed by atoms with Gasteiger partial charge in [-0.05, 0) is 48.4 Å². The maximum Gasteiger partial charge on any atom is 0.297 e. The smallest absolute Gasteiger partial charge is 0.297 e. The number of carbonyl (C=O) groups is 2. The van der Waals surface area contributed by atoms with E-state index in [4.69, 9.17) is 27.6 Å². The van der Waals surface area contributed by atoms with Crippen molar-refractivity contribution in [1.82, 2.24) is 10.2 Å². The molecule has 0 fully saturated rings. The highest BCUT2D eigenvalue weighted by molar-refractivity contribution is 8.00. The summed E-state index contributed by atoms with van der Waals surface area (Å²) in [5.74, 6) is -0.828. The predicted octanol–water partition coefficient (Wildman–Crippen LogP) is 8.00. The number of hydrogen-bond acceptors (Lipinski definition) is 8. The van der Waals surface area contributed by atoms with Crippen molar-refractivity contribution in [2.75, 3.05) is 9.80 Å². The van der Waals surface area contributed by atoms with Crippen LogP contribution in [0, 0.1) is 6.92 Å². The number of aromatic nitrogens is 2. The molecule has 2 amide bonds. The van der Waals surface area contributed by atoms with E-state index in [1.165, 1.54) is 22.7 Å². The summed E-state index contributed by atoms with van der Waals surface area (Å²) in [6, 6.07) is 27.2. The lowest BCUT2D eigenvalue weighted by molar-refractivity contribution is -0.121. The van der Waals surface area contributed by atoms with E-state index in [2.05, 4.69) is 10.2 Å². The molecule has 0 bridgehead atoms. The van der Waals surface area contributed by atoms with Gasteiger partial charge in [-0.1, -0.05) is 113 Å². The molecular formula is C35H22Cl2N4O4S2. The van der Waals surface area contributed by atoms with Crippen LogP contribution in [0.5, 0.6) is 0 Å². The number of amides is 2. The van der Waals surface area contributed by atoms with Gasteiger partial charge in [-0.3, -0.25) is 19.3 Å². The van der Waals surface area contributed by atoms with Crippen LogP contribution < -0.4 is 15.2 Å². The van der Waals surface area contributed by atoms with Crippen LogP contribution in [0.1, 0.15) is 38.4 Å². The van der Waals surface area contributed by atoms with Crippen molar-refractivity contribution in [3.05, 3.63) is 145 Å². The van der Waals surface area contributed by atoms with Gasteiger partial charge in [-0.25, -0.2) is 0 Å². The van der Waals surface area contributed by atoms with Crippen LogP contribution in [-0.4, -0.2) is 22.0 Å². The van der Waals surface area contributed by atoms with E-state index in [0.29, 0.717) is 31.4 Å². The van der Waals surface area contributed by atoms with E-state index in [0.717, 1.165) is 28.0 Å². The van der Waals surface area contributed by atoms with Crippen molar-refractivity contribution in [3.8, 4) is 0 Å². The van der Waals surface area contributed by atoms with E-state index >= 15 is 4.79 Å². The Bertz CT molecular complexity index is 2320. The fourth-order valence-electron chi connectivity index (χ4n) is 6.27. The van der Waals surface area contributed by atoms with Crippen molar-refractivity contribution in [2.24, 2.45) is 0 Å². The normalized spacial score (nSPS) is 16.8. The first-order chi connectivity index (χ1) is 22.8. The van der Waals surface area contributed by atoms with Crippen LogP contribution in [0.3, 0.4) is 0 Å². The van der Waals surface area contributed by atoms with E-state index in [1.807, 2.05) is 67.6 Å². The third-order valence-corrected chi connectivity index (χ3v) is 11.1. The van der Waals surface area contributed by atoms with Gasteiger partial charge in [-0.2, -0.15) is 0 Å². The second-order valence-corrected chi connectivity index (χ2v) is 14.3. The average molecular weight is 698 g/mol. The SMILES string of the molecule is Cc1ccc(CN2C(=O)C3(c4ccccc42)c2c(oc4ccc(Cl)cc4c2=O)C(=O)N3c2nnc(SCc3ccccc3Cl)s2)cc1. The Morgan fingerprint density at radius 3 is 2.49 bits per heavy atom. The van der Waals surface area contributed by atoms with Gasteiger partial charge >= 0.3 is 0 Å². The Hall–Kier alpha value is -4.48. The molecule has 2 aromatic heterocycles. The van der Waals surface area contributed by atoms with E-state index in [-0.39, 0.29) is 34.0 Å². The van der Waals surface area contributed by atoms with Crippen molar-refractivity contribution in [3.63, 3.8) is 0 Å². The maximum absolute atomic E-state index is 15.1. The van der Waals surface area contributed by atoms with Crippen LogP contribution in [0.4, 0.5) is 10.8 Å². The Morgan fingerprint density at radius 2 is 1.68 bits per heavy atom. The first-order valence-corrected chi connectivity index (χ1v) is 17.1. The van der Waals surface area contributed by atoms with Crippen molar-refractivity contribution >= 4 is 79.9 Å². The minimum atomic E-state index is -1.89. The lowest BCUT2D eigenvalue weighted by Gasteiger charge is -2.32. The Morgan fingerprint density at radius 1 is 0.915 bits per heavy atom. The Labute approximate surface area is 286 Å². The molecule has 8 rings (SSSR count). The standard InChI is InChI=1S/C35H22Cl2N4O4S2/c1-19-10-12-20(13-11-19)17-40-26-9-5-3-7-24(26)35(32(40)44)28-29(42)23-16-22(36)14-15-27(23)45-30(28)31(43)41(35)33-38-39-34(47-33)46-18-21-6-2-4-8-25(21)37/h2-16H,17-18H2,1H3. The summed E-state index contributed by atoms with van der Waals surface area (Å²) in [5, 5.41) is 10.1. The highest BCUT2D eigenvalue weighted by Crippen LogP contribution is 2.55. The summed E-state index contributed by atoms with van der Waals surface area (Å²) in [5.41, 5.74) is 1.65. The fraction of sp³-hybridized carbons (Fsp3) is 0.114. The number of para-hydroxylation sites is 1. The number of carbonyl (C=O) groups excluding carboxylic acids is 2. The van der Waals surface area contributed by atoms with Gasteiger partial charge in [0.05, 0.1) is 23.2 Å². The molecular weight excluding hydrogens is 675 g/mol. The minimum absolute atomic E-state index is 0.0680. The third kappa shape index (κ3) is 4.62. The summed E-state index contributed by atoms with van der Waals surface area (Å²) < 4.78 is 6.72. The molecule has 1 unspecified atom stereocenters. The molecule has 6 aromatic rings. The van der Waals surface area contributed by atoms with Gasteiger partial charge in [0.15, 0.2) is 15.3 Å². The molecule has 2 aliphatic rings. The number of hydrogen-bond donors (Lipinski definition) is 0. The number of anilines is 2. The van der Waals surface area contributed by atoms with Crippen LogP contribution in [0.2, 0.25) is 10.0 Å². The topological polar surface area (TPSA) is 96.6 Å². The van der Waals surface area contributed by atoms with Gasteiger partial charge in [0, 0.05) is 21.4 Å². The van der Waals surface area contributed by atoms with E-state index < -0.39 is 22.8 Å². The average Bonchev–Trinajstić information content (AvgIpc) is 3.71. The molecule has 0 aliphatic carbocycles. The molecule has 12 heteroatoms. The summed E-state index contributed by atoms with van der Waals surface area (Å²) in [7, 11) is 0. The second kappa shape index (κ2) is 11.3. The van der Waals surface area contributed by atoms with Crippen LogP contribution >= 0.6 is 46.3 Å². The predicted molar refractivity (Wildman–Crippen MR) is 185 cm³/mol. The van der Waals surface area contributed by atoms with Gasteiger partial charge in [-0.15, -0.1) is 10.2 Å². The van der Waals surface area contributed by atoms with Gasteiger partial charge in [0.2, 0.25) is 10.9 Å². The molecule has 232 valence electrons. The third-order valence-electron chi connectivity index (χ3n) is 8.44. The molecule has 4 aromatic carbocycles. The second-order valence-electron chi connectivity index (χ2n) is 11.3. The summed E-state index contributed by atoms with van der Waals surface area (Å²) in [6.07, 6.45) is 0. The number of thioether (sulfide) groups is 1. The number of nitrogens with zero attached hydrogens (tertiary/aromatic N) is 4. The highest BCUT2D eigenvalue weighted by Gasteiger charge is 2.66. The molecule has 1 atom stereocenters. The molecule has 47 heavy (non-hydrogen) atoms. The number of aryl methyl sites for hydroxylation is 1. The fourth-order valence-corrected chi connectivity index (χ4v) is 8.62. The first kappa shape index (κ1) is 29.9.